The molecule has 0 atom stereocenters. The second-order valence-electron chi connectivity index (χ2n) is 6.85. The van der Waals surface area contributed by atoms with Crippen LogP contribution >= 0.6 is 24.2 Å². The first-order chi connectivity index (χ1) is 16.0. The van der Waals surface area contributed by atoms with Gasteiger partial charge in [0, 0.05) is 18.8 Å². The molecule has 3 rings (SSSR count). The van der Waals surface area contributed by atoms with E-state index < -0.39 is 23.0 Å². The van der Waals surface area contributed by atoms with Gasteiger partial charge in [-0.1, -0.05) is 24.6 Å². The molecule has 180 valence electrons. The van der Waals surface area contributed by atoms with Gasteiger partial charge < -0.3 is 9.47 Å². The Kier molecular flexibility index (Phi) is 7.72. The van der Waals surface area contributed by atoms with E-state index in [9.17, 15) is 22.8 Å². The highest BCUT2D eigenvalue weighted by Crippen LogP contribution is 2.40. The highest BCUT2D eigenvalue weighted by atomic mass is 35.5. The fourth-order valence-electron chi connectivity index (χ4n) is 2.93. The molecule has 13 heteroatoms. The van der Waals surface area contributed by atoms with Gasteiger partial charge in [-0.25, -0.2) is 9.78 Å². The fraction of sp³-hybridized carbons (Fsp3) is 0.238. The Morgan fingerprint density at radius 1 is 1.35 bits per heavy atom. The number of halogens is 4. The first-order valence-electron chi connectivity index (χ1n) is 9.73. The number of rotatable bonds is 6. The Bertz CT molecular complexity index is 1190. The number of anilines is 1. The van der Waals surface area contributed by atoms with Crippen LogP contribution in [0.15, 0.2) is 42.2 Å². The average molecular weight is 515 g/mol. The number of amides is 2. The molecule has 0 saturated heterocycles. The van der Waals surface area contributed by atoms with Crippen molar-refractivity contribution in [2.24, 2.45) is 0 Å². The van der Waals surface area contributed by atoms with E-state index in [1.807, 2.05) is 0 Å². The summed E-state index contributed by atoms with van der Waals surface area (Å²) in [7, 11) is 0.999. The molecule has 1 aliphatic heterocycles. The number of hydrogen-bond donors (Lipinski definition) is 2. The van der Waals surface area contributed by atoms with Crippen molar-refractivity contribution in [1.82, 2.24) is 14.9 Å². The van der Waals surface area contributed by atoms with Crippen molar-refractivity contribution in [3.8, 4) is 17.5 Å². The van der Waals surface area contributed by atoms with E-state index in [1.165, 1.54) is 24.4 Å². The Morgan fingerprint density at radius 3 is 2.74 bits per heavy atom. The van der Waals surface area contributed by atoms with E-state index in [0.29, 0.717) is 11.3 Å². The SMILES string of the molecule is CCC=C1/C=C(/C(F)(F)F)N(C)C(=O)Nc2nc(Oc3cccnc3OCC(=O)S)c(Cl)cc21. The third-order valence-electron chi connectivity index (χ3n) is 4.43. The van der Waals surface area contributed by atoms with Crippen molar-refractivity contribution in [2.75, 3.05) is 19.0 Å². The van der Waals surface area contributed by atoms with Crippen LogP contribution in [0.5, 0.6) is 17.5 Å². The summed E-state index contributed by atoms with van der Waals surface area (Å²) in [5, 5.41) is 1.78. The summed E-state index contributed by atoms with van der Waals surface area (Å²) in [5.74, 6) is -0.216. The molecule has 0 spiro atoms. The van der Waals surface area contributed by atoms with E-state index in [1.54, 1.807) is 13.0 Å². The summed E-state index contributed by atoms with van der Waals surface area (Å²) in [6, 6.07) is 3.30. The maximum Gasteiger partial charge on any atom is 0.431 e. The lowest BCUT2D eigenvalue weighted by Gasteiger charge is -2.27. The largest absolute Gasteiger partial charge is 0.466 e. The van der Waals surface area contributed by atoms with Crippen LogP contribution < -0.4 is 14.8 Å². The van der Waals surface area contributed by atoms with Gasteiger partial charge in [-0.15, -0.1) is 12.6 Å². The summed E-state index contributed by atoms with van der Waals surface area (Å²) in [6.07, 6.45) is -0.549. The number of fused-ring (bicyclic) bond motifs is 1. The Morgan fingerprint density at radius 2 is 2.09 bits per heavy atom. The summed E-state index contributed by atoms with van der Waals surface area (Å²) in [6.45, 7) is 1.38. The number of aromatic nitrogens is 2. The van der Waals surface area contributed by atoms with E-state index in [2.05, 4.69) is 27.9 Å². The first kappa shape index (κ1) is 25.4. The Hall–Kier alpha value is -3.25. The standard InChI is InChI=1S/C21H18ClF3N4O4S/c1-3-5-11-8-15(21(23,24)25)29(2)20(31)28-17-12(11)9-13(22)18(27-17)33-14-6-4-7-26-19(14)32-10-16(30)34/h4-9H,3,10H2,1-2H3,(H,30,34)(H,27,28,31)/b11-5?,15-8-. The molecule has 2 aromatic heterocycles. The molecule has 0 unspecified atom stereocenters. The van der Waals surface area contributed by atoms with Crippen molar-refractivity contribution >= 4 is 46.8 Å². The molecule has 1 N–H and O–H groups in total. The number of pyridine rings is 2. The smallest absolute Gasteiger partial charge is 0.431 e. The third kappa shape index (κ3) is 5.81. The number of alkyl halides is 3. The number of hydrogen-bond acceptors (Lipinski definition) is 6. The van der Waals surface area contributed by atoms with Gasteiger partial charge in [0.1, 0.15) is 16.5 Å². The second kappa shape index (κ2) is 10.3. The molecule has 34 heavy (non-hydrogen) atoms. The van der Waals surface area contributed by atoms with Crippen LogP contribution in [-0.4, -0.2) is 45.8 Å². The van der Waals surface area contributed by atoms with Crippen LogP contribution in [0.2, 0.25) is 5.02 Å². The molecular weight excluding hydrogens is 497 g/mol. The molecule has 2 amide bonds. The Balaban J connectivity index is 2.08. The summed E-state index contributed by atoms with van der Waals surface area (Å²) in [5.41, 5.74) is -0.816. The van der Waals surface area contributed by atoms with E-state index in [-0.39, 0.29) is 46.1 Å². The minimum Gasteiger partial charge on any atom is -0.466 e. The van der Waals surface area contributed by atoms with Crippen molar-refractivity contribution < 1.29 is 32.2 Å². The van der Waals surface area contributed by atoms with Gasteiger partial charge in [0.2, 0.25) is 11.0 Å². The van der Waals surface area contributed by atoms with Gasteiger partial charge in [-0.3, -0.25) is 15.0 Å². The van der Waals surface area contributed by atoms with Gasteiger partial charge >= 0.3 is 12.2 Å². The van der Waals surface area contributed by atoms with Gasteiger partial charge in [0.15, 0.2) is 12.4 Å². The van der Waals surface area contributed by atoms with E-state index in [4.69, 9.17) is 21.1 Å². The van der Waals surface area contributed by atoms with Crippen LogP contribution in [-0.2, 0) is 4.79 Å². The fourth-order valence-corrected chi connectivity index (χ4v) is 3.19. The summed E-state index contributed by atoms with van der Waals surface area (Å²) >= 11 is 9.96. The normalized spacial score (nSPS) is 16.7. The second-order valence-corrected chi connectivity index (χ2v) is 7.75. The highest BCUT2D eigenvalue weighted by Gasteiger charge is 2.40. The highest BCUT2D eigenvalue weighted by molar-refractivity contribution is 7.96. The molecule has 8 nitrogen and oxygen atoms in total. The zero-order valence-corrected chi connectivity index (χ0v) is 19.5. The molecule has 3 heterocycles. The molecule has 0 aromatic carbocycles. The third-order valence-corrected chi connectivity index (χ3v) is 4.83. The predicted octanol–water partition coefficient (Wildman–Crippen LogP) is 5.47. The summed E-state index contributed by atoms with van der Waals surface area (Å²) in [4.78, 5) is 32.2. The number of allylic oxidation sites excluding steroid dienone is 4. The van der Waals surface area contributed by atoms with Crippen LogP contribution in [0.25, 0.3) is 5.57 Å². The first-order valence-corrected chi connectivity index (χ1v) is 10.6. The lowest BCUT2D eigenvalue weighted by Crippen LogP contribution is -2.38. The molecule has 0 bridgehead atoms. The van der Waals surface area contributed by atoms with Crippen LogP contribution in [0, 0.1) is 0 Å². The van der Waals surface area contributed by atoms with Gasteiger partial charge in [-0.05, 0) is 36.3 Å². The van der Waals surface area contributed by atoms with Gasteiger partial charge in [-0.2, -0.15) is 18.2 Å². The number of ether oxygens (including phenoxy) is 2. The summed E-state index contributed by atoms with van der Waals surface area (Å²) < 4.78 is 51.7. The topological polar surface area (TPSA) is 93.7 Å². The minimum absolute atomic E-state index is 0.0393. The Labute approximate surface area is 202 Å². The molecule has 1 aliphatic rings. The van der Waals surface area contributed by atoms with Crippen molar-refractivity contribution in [3.63, 3.8) is 0 Å². The number of nitrogens with one attached hydrogen (secondary N) is 1. The van der Waals surface area contributed by atoms with Crippen molar-refractivity contribution in [3.05, 3.63) is 52.8 Å². The van der Waals surface area contributed by atoms with E-state index in [0.717, 1.165) is 13.1 Å². The molecular formula is C21H18ClF3N4O4S. The molecule has 0 fully saturated rings. The minimum atomic E-state index is -4.78. The molecule has 0 saturated carbocycles. The number of urea groups is 1. The lowest BCUT2D eigenvalue weighted by molar-refractivity contribution is -0.112. The monoisotopic (exact) mass is 514 g/mol. The zero-order valence-electron chi connectivity index (χ0n) is 17.8. The van der Waals surface area contributed by atoms with Gasteiger partial charge in [0.05, 0.1) is 0 Å². The maximum atomic E-state index is 13.6. The van der Waals surface area contributed by atoms with Crippen LogP contribution in [0.3, 0.4) is 0 Å². The number of carbonyl (C=O) groups is 2. The number of thiol groups is 1. The molecule has 0 radical (unpaired) electrons. The average Bonchev–Trinajstić information content (AvgIpc) is 2.76. The zero-order chi connectivity index (χ0) is 25.0. The van der Waals surface area contributed by atoms with Gasteiger partial charge in [0.25, 0.3) is 5.88 Å². The van der Waals surface area contributed by atoms with Crippen molar-refractivity contribution in [2.45, 2.75) is 19.5 Å². The van der Waals surface area contributed by atoms with Crippen LogP contribution in [0.1, 0.15) is 18.9 Å². The van der Waals surface area contributed by atoms with E-state index >= 15 is 0 Å². The number of nitrogens with zero attached hydrogens (tertiary/aromatic N) is 3. The predicted molar refractivity (Wildman–Crippen MR) is 122 cm³/mol. The molecule has 2 aromatic rings. The maximum absolute atomic E-state index is 13.6. The molecule has 0 aliphatic carbocycles. The van der Waals surface area contributed by atoms with Crippen LogP contribution in [0.4, 0.5) is 23.8 Å². The van der Waals surface area contributed by atoms with Crippen molar-refractivity contribution in [1.29, 1.82) is 0 Å². The number of carbonyl (C=O) groups excluding carboxylic acids is 2. The lowest BCUT2D eigenvalue weighted by atomic mass is 10.0. The quantitative estimate of drug-likeness (QED) is 0.496.